The molecule has 1 aliphatic heterocycles. The van der Waals surface area contributed by atoms with Crippen molar-refractivity contribution in [2.45, 2.75) is 32.0 Å². The minimum atomic E-state index is -4.42. The van der Waals surface area contributed by atoms with Crippen molar-refractivity contribution in [1.82, 2.24) is 9.88 Å². The van der Waals surface area contributed by atoms with Gasteiger partial charge in [0.15, 0.2) is 0 Å². The van der Waals surface area contributed by atoms with E-state index >= 15 is 0 Å². The van der Waals surface area contributed by atoms with Crippen molar-refractivity contribution in [2.24, 2.45) is 0 Å². The number of amides is 2. The van der Waals surface area contributed by atoms with Crippen LogP contribution in [0.1, 0.15) is 24.0 Å². The molecule has 27 heavy (non-hydrogen) atoms. The highest BCUT2D eigenvalue weighted by Crippen LogP contribution is 2.29. The van der Waals surface area contributed by atoms with Crippen LogP contribution in [-0.4, -0.2) is 35.1 Å². The minimum Gasteiger partial charge on any atom is -0.474 e. The average molecular weight is 379 g/mol. The number of aromatic nitrogens is 1. The van der Waals surface area contributed by atoms with Gasteiger partial charge in [0.1, 0.15) is 6.10 Å². The summed E-state index contributed by atoms with van der Waals surface area (Å²) in [5.74, 6) is 0.158. The summed E-state index contributed by atoms with van der Waals surface area (Å²) in [5.41, 5.74) is 0.949. The summed E-state index contributed by atoms with van der Waals surface area (Å²) in [6.07, 6.45) is -2.66. The zero-order valence-corrected chi connectivity index (χ0v) is 14.8. The third-order valence-corrected chi connectivity index (χ3v) is 4.47. The molecule has 2 aromatic rings. The molecule has 0 atom stereocenters. The summed E-state index contributed by atoms with van der Waals surface area (Å²) in [6.45, 7) is 2.93. The Labute approximate surface area is 155 Å². The average Bonchev–Trinajstić information content (AvgIpc) is 2.64. The van der Waals surface area contributed by atoms with Crippen LogP contribution in [0, 0.1) is 6.92 Å². The summed E-state index contributed by atoms with van der Waals surface area (Å²) >= 11 is 0. The summed E-state index contributed by atoms with van der Waals surface area (Å²) in [4.78, 5) is 17.8. The highest BCUT2D eigenvalue weighted by Gasteiger charge is 2.31. The number of piperidine rings is 1. The second-order valence-corrected chi connectivity index (χ2v) is 6.43. The topological polar surface area (TPSA) is 54.5 Å². The molecule has 0 spiro atoms. The molecule has 0 unspecified atom stereocenters. The largest absolute Gasteiger partial charge is 0.474 e. The van der Waals surface area contributed by atoms with Gasteiger partial charge in [0, 0.05) is 43.9 Å². The number of likely N-dealkylation sites (tertiary alicyclic amines) is 1. The van der Waals surface area contributed by atoms with Crippen molar-refractivity contribution >= 4 is 11.7 Å². The predicted octanol–water partition coefficient (Wildman–Crippen LogP) is 4.48. The Morgan fingerprint density at radius 3 is 2.48 bits per heavy atom. The van der Waals surface area contributed by atoms with Crippen LogP contribution in [0.4, 0.5) is 23.7 Å². The van der Waals surface area contributed by atoms with E-state index in [1.807, 2.05) is 31.2 Å². The van der Waals surface area contributed by atoms with E-state index in [0.717, 1.165) is 23.5 Å². The van der Waals surface area contributed by atoms with Crippen LogP contribution in [0.3, 0.4) is 0 Å². The molecule has 0 radical (unpaired) electrons. The Morgan fingerprint density at radius 2 is 1.89 bits per heavy atom. The first-order valence-corrected chi connectivity index (χ1v) is 8.64. The molecule has 1 fully saturated rings. The molecule has 0 bridgehead atoms. The molecule has 2 heterocycles. The summed E-state index contributed by atoms with van der Waals surface area (Å²) < 4.78 is 43.3. The number of nitrogens with zero attached hydrogens (tertiary/aromatic N) is 2. The highest BCUT2D eigenvalue weighted by atomic mass is 19.4. The number of pyridine rings is 1. The molecule has 5 nitrogen and oxygen atoms in total. The maximum Gasteiger partial charge on any atom is 0.417 e. The second kappa shape index (κ2) is 7.85. The van der Waals surface area contributed by atoms with Crippen LogP contribution < -0.4 is 10.1 Å². The number of anilines is 1. The second-order valence-electron chi connectivity index (χ2n) is 6.43. The zero-order chi connectivity index (χ0) is 19.4. The SMILES string of the molecule is Cc1ccccc1NC(=O)N1CCC(Oc2ccc(C(F)(F)F)cn2)CC1. The van der Waals surface area contributed by atoms with Gasteiger partial charge < -0.3 is 15.0 Å². The van der Waals surface area contributed by atoms with E-state index in [-0.39, 0.29) is 18.0 Å². The molecular weight excluding hydrogens is 359 g/mol. The number of ether oxygens (including phenoxy) is 1. The van der Waals surface area contributed by atoms with Crippen LogP contribution in [0.25, 0.3) is 0 Å². The number of benzene rings is 1. The summed E-state index contributed by atoms with van der Waals surface area (Å²) in [5, 5.41) is 2.89. The van der Waals surface area contributed by atoms with E-state index in [1.54, 1.807) is 4.90 Å². The normalized spacial score (nSPS) is 15.5. The standard InChI is InChI=1S/C19H20F3N3O2/c1-13-4-2-3-5-16(13)24-18(26)25-10-8-15(9-11-25)27-17-7-6-14(12-23-17)19(20,21)22/h2-7,12,15H,8-11H2,1H3,(H,24,26). The Hall–Kier alpha value is -2.77. The molecule has 1 aliphatic rings. The van der Waals surface area contributed by atoms with Gasteiger partial charge in [-0.15, -0.1) is 0 Å². The fraction of sp³-hybridized carbons (Fsp3) is 0.368. The van der Waals surface area contributed by atoms with Crippen molar-refractivity contribution < 1.29 is 22.7 Å². The lowest BCUT2D eigenvalue weighted by Crippen LogP contribution is -2.43. The fourth-order valence-corrected chi connectivity index (χ4v) is 2.87. The van der Waals surface area contributed by atoms with E-state index in [9.17, 15) is 18.0 Å². The van der Waals surface area contributed by atoms with E-state index in [1.165, 1.54) is 6.07 Å². The van der Waals surface area contributed by atoms with Gasteiger partial charge in [-0.2, -0.15) is 13.2 Å². The first-order chi connectivity index (χ1) is 12.8. The smallest absolute Gasteiger partial charge is 0.417 e. The van der Waals surface area contributed by atoms with E-state index in [0.29, 0.717) is 25.9 Å². The lowest BCUT2D eigenvalue weighted by atomic mass is 10.1. The molecular formula is C19H20F3N3O2. The van der Waals surface area contributed by atoms with Crippen LogP contribution in [0.2, 0.25) is 0 Å². The van der Waals surface area contributed by atoms with Crippen molar-refractivity contribution in [3.05, 3.63) is 53.7 Å². The van der Waals surface area contributed by atoms with Gasteiger partial charge in [0.05, 0.1) is 5.56 Å². The Kier molecular flexibility index (Phi) is 5.53. The molecule has 0 aliphatic carbocycles. The first kappa shape index (κ1) is 19.0. The highest BCUT2D eigenvalue weighted by molar-refractivity contribution is 5.90. The summed E-state index contributed by atoms with van der Waals surface area (Å²) in [6, 6.07) is 9.54. The number of urea groups is 1. The molecule has 144 valence electrons. The number of alkyl halides is 3. The number of hydrogen-bond acceptors (Lipinski definition) is 3. The number of carbonyl (C=O) groups is 1. The van der Waals surface area contributed by atoms with Gasteiger partial charge in [-0.05, 0) is 24.6 Å². The maximum atomic E-state index is 12.6. The quantitative estimate of drug-likeness (QED) is 0.855. The monoisotopic (exact) mass is 379 g/mol. The lowest BCUT2D eigenvalue weighted by Gasteiger charge is -2.32. The van der Waals surface area contributed by atoms with Gasteiger partial charge in [-0.1, -0.05) is 18.2 Å². The summed E-state index contributed by atoms with van der Waals surface area (Å²) in [7, 11) is 0. The Balaban J connectivity index is 1.50. The van der Waals surface area contributed by atoms with E-state index in [2.05, 4.69) is 10.3 Å². The van der Waals surface area contributed by atoms with Crippen molar-refractivity contribution in [1.29, 1.82) is 0 Å². The number of para-hydroxylation sites is 1. The molecule has 0 saturated carbocycles. The predicted molar refractivity (Wildman–Crippen MR) is 94.7 cm³/mol. The van der Waals surface area contributed by atoms with Crippen LogP contribution in [0.5, 0.6) is 5.88 Å². The number of hydrogen-bond donors (Lipinski definition) is 1. The lowest BCUT2D eigenvalue weighted by molar-refractivity contribution is -0.137. The molecule has 2 amide bonds. The molecule has 1 saturated heterocycles. The number of nitrogens with one attached hydrogen (secondary N) is 1. The van der Waals surface area contributed by atoms with Gasteiger partial charge >= 0.3 is 12.2 Å². The maximum absolute atomic E-state index is 12.6. The van der Waals surface area contributed by atoms with Crippen molar-refractivity contribution in [3.8, 4) is 5.88 Å². The van der Waals surface area contributed by atoms with E-state index < -0.39 is 11.7 Å². The zero-order valence-electron chi connectivity index (χ0n) is 14.8. The van der Waals surface area contributed by atoms with Crippen molar-refractivity contribution in [2.75, 3.05) is 18.4 Å². The molecule has 8 heteroatoms. The van der Waals surface area contributed by atoms with Crippen LogP contribution in [0.15, 0.2) is 42.6 Å². The number of halogens is 3. The third kappa shape index (κ3) is 4.90. The van der Waals surface area contributed by atoms with Gasteiger partial charge in [-0.3, -0.25) is 0 Å². The number of carbonyl (C=O) groups excluding carboxylic acids is 1. The first-order valence-electron chi connectivity index (χ1n) is 8.64. The van der Waals surface area contributed by atoms with Gasteiger partial charge in [0.25, 0.3) is 0 Å². The molecule has 3 rings (SSSR count). The minimum absolute atomic E-state index is 0.158. The van der Waals surface area contributed by atoms with Gasteiger partial charge in [-0.25, -0.2) is 9.78 Å². The number of rotatable bonds is 3. The third-order valence-electron chi connectivity index (χ3n) is 4.47. The molecule has 1 aromatic carbocycles. The van der Waals surface area contributed by atoms with E-state index in [4.69, 9.17) is 4.74 Å². The Morgan fingerprint density at radius 1 is 1.19 bits per heavy atom. The molecule has 1 N–H and O–H groups in total. The number of aryl methyl sites for hydroxylation is 1. The van der Waals surface area contributed by atoms with Crippen molar-refractivity contribution in [3.63, 3.8) is 0 Å². The van der Waals surface area contributed by atoms with Crippen LogP contribution in [-0.2, 0) is 6.18 Å². The fourth-order valence-electron chi connectivity index (χ4n) is 2.87. The van der Waals surface area contributed by atoms with Crippen LogP contribution >= 0.6 is 0 Å². The van der Waals surface area contributed by atoms with Gasteiger partial charge in [0.2, 0.25) is 5.88 Å². The Bertz CT molecular complexity index is 786. The molecule has 1 aromatic heterocycles.